The van der Waals surface area contributed by atoms with Gasteiger partial charge in [-0.2, -0.15) is 0 Å². The fourth-order valence-corrected chi connectivity index (χ4v) is 5.69. The van der Waals surface area contributed by atoms with Crippen molar-refractivity contribution in [2.45, 2.75) is 18.9 Å². The van der Waals surface area contributed by atoms with Crippen LogP contribution in [0.1, 0.15) is 22.8 Å². The largest absolute Gasteiger partial charge is 0.497 e. The monoisotopic (exact) mass is 528 g/mol. The molecule has 5 rings (SSSR count). The van der Waals surface area contributed by atoms with Gasteiger partial charge in [0.25, 0.3) is 0 Å². The number of amides is 1. The minimum atomic E-state index is -0.616. The van der Waals surface area contributed by atoms with E-state index in [0.717, 1.165) is 11.3 Å². The first-order valence-corrected chi connectivity index (χ1v) is 12.0. The van der Waals surface area contributed by atoms with Crippen LogP contribution in [0.5, 0.6) is 28.7 Å². The third-order valence-corrected chi connectivity index (χ3v) is 7.36. The molecule has 0 saturated heterocycles. The third-order valence-electron chi connectivity index (χ3n) is 6.28. The van der Waals surface area contributed by atoms with Gasteiger partial charge in [-0.3, -0.25) is 23.9 Å². The van der Waals surface area contributed by atoms with Crippen LogP contribution in [0.25, 0.3) is 0 Å². The highest BCUT2D eigenvalue weighted by atomic mass is 32.1. The predicted octanol–water partition coefficient (Wildman–Crippen LogP) is 3.04. The van der Waals surface area contributed by atoms with Crippen molar-refractivity contribution in [3.05, 3.63) is 50.4 Å². The summed E-state index contributed by atoms with van der Waals surface area (Å²) in [6, 6.07) is 8.61. The van der Waals surface area contributed by atoms with E-state index in [1.165, 1.54) is 30.8 Å². The summed E-state index contributed by atoms with van der Waals surface area (Å²) < 4.78 is 33.7. The summed E-state index contributed by atoms with van der Waals surface area (Å²) >= 11 is 0.959. The van der Waals surface area contributed by atoms with E-state index in [4.69, 9.17) is 28.4 Å². The minimum absolute atomic E-state index is 0.0151. The van der Waals surface area contributed by atoms with Crippen molar-refractivity contribution >= 4 is 34.7 Å². The van der Waals surface area contributed by atoms with Gasteiger partial charge in [-0.1, -0.05) is 11.3 Å². The molecule has 1 amide bonds. The average Bonchev–Trinajstić information content (AvgIpc) is 3.51. The molecule has 0 aliphatic carbocycles. The standard InChI is InChI=1S/C25H24N2O9S/c1-31-14-7-5-13(6-8-14)27-18(28)10-16(23-24(27)26(25(30)37-23)11-19(29)32-2)15-9-17-21(36-12-35-17)22(34-4)20(15)33-3/h5-9,16H,10-12H2,1-4H3/t16-/m1/s1. The zero-order chi connectivity index (χ0) is 26.3. The topological polar surface area (TPSA) is 115 Å². The van der Waals surface area contributed by atoms with Crippen molar-refractivity contribution in [1.29, 1.82) is 0 Å². The maximum absolute atomic E-state index is 13.7. The Labute approximate surface area is 215 Å². The number of aromatic nitrogens is 1. The lowest BCUT2D eigenvalue weighted by molar-refractivity contribution is -0.141. The first-order valence-electron chi connectivity index (χ1n) is 11.2. The molecule has 0 radical (unpaired) electrons. The van der Waals surface area contributed by atoms with Crippen LogP contribution in [0.15, 0.2) is 35.1 Å². The van der Waals surface area contributed by atoms with Crippen LogP contribution in [0.4, 0.5) is 11.5 Å². The lowest BCUT2D eigenvalue weighted by Gasteiger charge is -2.33. The molecule has 3 heterocycles. The van der Waals surface area contributed by atoms with Crippen molar-refractivity contribution in [3.63, 3.8) is 0 Å². The van der Waals surface area contributed by atoms with Crippen LogP contribution in [0, 0.1) is 0 Å². The smallest absolute Gasteiger partial charge is 0.325 e. The quantitative estimate of drug-likeness (QED) is 0.427. The summed E-state index contributed by atoms with van der Waals surface area (Å²) in [5.41, 5.74) is 1.12. The molecule has 1 aromatic heterocycles. The summed E-state index contributed by atoms with van der Waals surface area (Å²) in [5, 5.41) is 0. The van der Waals surface area contributed by atoms with Gasteiger partial charge >= 0.3 is 10.8 Å². The molecule has 1 atom stereocenters. The number of ether oxygens (including phenoxy) is 6. The van der Waals surface area contributed by atoms with E-state index in [0.29, 0.717) is 50.7 Å². The molecule has 0 fully saturated rings. The van der Waals surface area contributed by atoms with Gasteiger partial charge in [0, 0.05) is 17.9 Å². The molecular weight excluding hydrogens is 504 g/mol. The van der Waals surface area contributed by atoms with Crippen LogP contribution in [-0.4, -0.2) is 51.7 Å². The Morgan fingerprint density at radius 2 is 1.76 bits per heavy atom. The van der Waals surface area contributed by atoms with Gasteiger partial charge in [0.15, 0.2) is 11.5 Å². The van der Waals surface area contributed by atoms with Crippen molar-refractivity contribution in [2.24, 2.45) is 0 Å². The van der Waals surface area contributed by atoms with E-state index in [9.17, 15) is 14.4 Å². The molecule has 0 saturated carbocycles. The molecule has 12 heteroatoms. The molecule has 194 valence electrons. The molecule has 0 spiro atoms. The Morgan fingerprint density at radius 3 is 2.41 bits per heavy atom. The second-order valence-corrected chi connectivity index (χ2v) is 9.16. The number of fused-ring (bicyclic) bond motifs is 2. The van der Waals surface area contributed by atoms with Crippen LogP contribution in [0.2, 0.25) is 0 Å². The molecule has 11 nitrogen and oxygen atoms in total. The SMILES string of the molecule is COC(=O)Cn1c2c(sc1=O)[C@@H](c1cc3c(c(OC)c1OC)OCO3)CC(=O)N2c1ccc(OC)cc1. The van der Waals surface area contributed by atoms with Crippen LogP contribution in [-0.2, 0) is 20.9 Å². The van der Waals surface area contributed by atoms with Gasteiger partial charge in [-0.05, 0) is 30.3 Å². The van der Waals surface area contributed by atoms with Crippen molar-refractivity contribution in [2.75, 3.05) is 40.1 Å². The number of anilines is 2. The highest BCUT2D eigenvalue weighted by Gasteiger charge is 2.41. The van der Waals surface area contributed by atoms with Crippen molar-refractivity contribution < 1.29 is 38.0 Å². The lowest BCUT2D eigenvalue weighted by atomic mass is 9.89. The number of hydrogen-bond donors (Lipinski definition) is 0. The number of hydrogen-bond acceptors (Lipinski definition) is 10. The maximum Gasteiger partial charge on any atom is 0.325 e. The van der Waals surface area contributed by atoms with E-state index in [2.05, 4.69) is 0 Å². The Morgan fingerprint density at radius 1 is 1.03 bits per heavy atom. The van der Waals surface area contributed by atoms with E-state index in [1.807, 2.05) is 0 Å². The summed E-state index contributed by atoms with van der Waals surface area (Å²) in [7, 11) is 5.76. The summed E-state index contributed by atoms with van der Waals surface area (Å²) in [5.74, 6) is 0.988. The highest BCUT2D eigenvalue weighted by molar-refractivity contribution is 7.10. The maximum atomic E-state index is 13.7. The van der Waals surface area contributed by atoms with Gasteiger partial charge < -0.3 is 28.4 Å². The number of carbonyl (C=O) groups excluding carboxylic acids is 2. The van der Waals surface area contributed by atoms with Gasteiger partial charge in [0.2, 0.25) is 24.2 Å². The van der Waals surface area contributed by atoms with Crippen LogP contribution < -0.4 is 33.5 Å². The second kappa shape index (κ2) is 9.69. The first-order chi connectivity index (χ1) is 17.9. The number of benzene rings is 2. The van der Waals surface area contributed by atoms with Gasteiger partial charge in [0.1, 0.15) is 18.1 Å². The number of thiazole rings is 1. The van der Waals surface area contributed by atoms with Crippen molar-refractivity contribution in [1.82, 2.24) is 4.57 Å². The number of nitrogens with zero attached hydrogens (tertiary/aromatic N) is 2. The summed E-state index contributed by atoms with van der Waals surface area (Å²) in [4.78, 5) is 40.8. The molecule has 2 aliphatic heterocycles. The number of esters is 1. The van der Waals surface area contributed by atoms with E-state index in [-0.39, 0.29) is 25.7 Å². The van der Waals surface area contributed by atoms with Gasteiger partial charge in [-0.15, -0.1) is 0 Å². The fourth-order valence-electron chi connectivity index (χ4n) is 4.60. The van der Waals surface area contributed by atoms with E-state index < -0.39 is 16.8 Å². The van der Waals surface area contributed by atoms with Gasteiger partial charge in [-0.25, -0.2) is 0 Å². The lowest BCUT2D eigenvalue weighted by Crippen LogP contribution is -2.36. The molecular formula is C25H24N2O9S. The van der Waals surface area contributed by atoms with Crippen molar-refractivity contribution in [3.8, 4) is 28.7 Å². The van der Waals surface area contributed by atoms with E-state index >= 15 is 0 Å². The predicted molar refractivity (Wildman–Crippen MR) is 133 cm³/mol. The highest BCUT2D eigenvalue weighted by Crippen LogP contribution is 2.54. The first kappa shape index (κ1) is 24.5. The van der Waals surface area contributed by atoms with Crippen LogP contribution in [0.3, 0.4) is 0 Å². The number of methoxy groups -OCH3 is 4. The molecule has 0 bridgehead atoms. The Balaban J connectivity index is 1.73. The molecule has 3 aromatic rings. The zero-order valence-electron chi connectivity index (χ0n) is 20.6. The Bertz CT molecular complexity index is 1430. The molecule has 0 N–H and O–H groups in total. The molecule has 37 heavy (non-hydrogen) atoms. The normalized spacial score (nSPS) is 15.8. The van der Waals surface area contributed by atoms with E-state index in [1.54, 1.807) is 37.4 Å². The molecule has 2 aliphatic rings. The fraction of sp³-hybridized carbons (Fsp3) is 0.320. The van der Waals surface area contributed by atoms with Crippen LogP contribution >= 0.6 is 11.3 Å². The number of carbonyl (C=O) groups is 2. The molecule has 2 aromatic carbocycles. The zero-order valence-corrected chi connectivity index (χ0v) is 21.4. The number of rotatable bonds is 7. The Kier molecular flexibility index (Phi) is 6.42. The third kappa shape index (κ3) is 4.02. The summed E-state index contributed by atoms with van der Waals surface area (Å²) in [6.45, 7) is -0.337. The minimum Gasteiger partial charge on any atom is -0.497 e. The molecule has 0 unspecified atom stereocenters. The van der Waals surface area contributed by atoms with Gasteiger partial charge in [0.05, 0.1) is 39.0 Å². The average molecular weight is 529 g/mol. The Hall–Kier alpha value is -4.19. The summed E-state index contributed by atoms with van der Waals surface area (Å²) in [6.07, 6.45) is 0.0242. The second-order valence-electron chi connectivity index (χ2n) is 8.17.